The molecule has 1 heteroatoms. The molecule has 0 unspecified atom stereocenters. The summed E-state index contributed by atoms with van der Waals surface area (Å²) in [5, 5.41) is 10.2. The van der Waals surface area contributed by atoms with Crippen LogP contribution in [0.4, 0.5) is 17.1 Å². The fourth-order valence-corrected chi connectivity index (χ4v) is 7.69. The van der Waals surface area contributed by atoms with Gasteiger partial charge in [0.15, 0.2) is 0 Å². The summed E-state index contributed by atoms with van der Waals surface area (Å²) in [7, 11) is 0. The van der Waals surface area contributed by atoms with Crippen molar-refractivity contribution < 1.29 is 0 Å². The number of hydrogen-bond donors (Lipinski definition) is 0. The summed E-state index contributed by atoms with van der Waals surface area (Å²) in [5.74, 6) is 0. The summed E-state index contributed by atoms with van der Waals surface area (Å²) in [6, 6.07) is 56.0. The van der Waals surface area contributed by atoms with Crippen LogP contribution in [-0.4, -0.2) is 0 Å². The van der Waals surface area contributed by atoms with E-state index in [0.29, 0.717) is 0 Å². The summed E-state index contributed by atoms with van der Waals surface area (Å²) < 4.78 is 0. The van der Waals surface area contributed by atoms with Crippen molar-refractivity contribution >= 4 is 60.2 Å². The Morgan fingerprint density at radius 1 is 0.409 bits per heavy atom. The molecule has 8 aromatic rings. The molecule has 0 aliphatic heterocycles. The van der Waals surface area contributed by atoms with Crippen LogP contribution >= 0.6 is 0 Å². The van der Waals surface area contributed by atoms with E-state index < -0.39 is 0 Å². The smallest absolute Gasteiger partial charge is 0.0546 e. The Labute approximate surface area is 257 Å². The van der Waals surface area contributed by atoms with Crippen molar-refractivity contribution in [3.63, 3.8) is 0 Å². The quantitative estimate of drug-likeness (QED) is 0.194. The minimum absolute atomic E-state index is 0.0785. The lowest BCUT2D eigenvalue weighted by Gasteiger charge is -2.30. The van der Waals surface area contributed by atoms with Crippen LogP contribution in [-0.2, 0) is 5.41 Å². The Morgan fingerprint density at radius 2 is 1.02 bits per heavy atom. The summed E-state index contributed by atoms with van der Waals surface area (Å²) in [5.41, 5.74) is 8.88. The molecule has 0 atom stereocenters. The van der Waals surface area contributed by atoms with Crippen molar-refractivity contribution in [2.24, 2.45) is 0 Å². The predicted molar refractivity (Wildman–Crippen MR) is 189 cm³/mol. The first-order chi connectivity index (χ1) is 21.6. The van der Waals surface area contributed by atoms with Crippen LogP contribution in [0.3, 0.4) is 0 Å². The topological polar surface area (TPSA) is 3.24 Å². The Kier molecular flexibility index (Phi) is 5.31. The molecule has 8 aromatic carbocycles. The zero-order chi connectivity index (χ0) is 29.4. The molecule has 0 N–H and O–H groups in total. The highest BCUT2D eigenvalue weighted by Gasteiger charge is 2.35. The van der Waals surface area contributed by atoms with Crippen LogP contribution in [0.5, 0.6) is 0 Å². The van der Waals surface area contributed by atoms with Crippen molar-refractivity contribution in [2.75, 3.05) is 4.90 Å². The van der Waals surface area contributed by atoms with Gasteiger partial charge in [-0.15, -0.1) is 0 Å². The van der Waals surface area contributed by atoms with Gasteiger partial charge >= 0.3 is 0 Å². The van der Waals surface area contributed by atoms with Gasteiger partial charge in [0.2, 0.25) is 0 Å². The Hall–Kier alpha value is -5.40. The lowest BCUT2D eigenvalue weighted by atomic mass is 9.82. The second-order valence-corrected chi connectivity index (χ2v) is 12.6. The minimum Gasteiger partial charge on any atom is -0.310 e. The maximum Gasteiger partial charge on any atom is 0.0546 e. The Morgan fingerprint density at radius 3 is 1.82 bits per heavy atom. The van der Waals surface area contributed by atoms with Crippen LogP contribution in [0.1, 0.15) is 25.0 Å². The third-order valence-electron chi connectivity index (χ3n) is 9.79. The SMILES string of the molecule is CC1(C)c2ccccc2-c2ccc(N(c3ccccc3)c3cc4ccc5ccccc5c4c4c3ccc3ccccc34)cc21. The van der Waals surface area contributed by atoms with E-state index in [1.165, 1.54) is 76.7 Å². The average Bonchev–Trinajstić information content (AvgIpc) is 3.30. The maximum absolute atomic E-state index is 2.46. The number of benzene rings is 8. The highest BCUT2D eigenvalue weighted by molar-refractivity contribution is 6.30. The zero-order valence-electron chi connectivity index (χ0n) is 24.9. The largest absolute Gasteiger partial charge is 0.310 e. The van der Waals surface area contributed by atoms with Gasteiger partial charge in [0.05, 0.1) is 5.69 Å². The fourth-order valence-electron chi connectivity index (χ4n) is 7.69. The van der Waals surface area contributed by atoms with Crippen molar-refractivity contribution in [1.29, 1.82) is 0 Å². The van der Waals surface area contributed by atoms with Gasteiger partial charge in [-0.3, -0.25) is 0 Å². The molecule has 1 aliphatic rings. The summed E-state index contributed by atoms with van der Waals surface area (Å²) in [6.45, 7) is 4.72. The van der Waals surface area contributed by atoms with Gasteiger partial charge < -0.3 is 4.90 Å². The molecule has 0 radical (unpaired) electrons. The molecule has 0 saturated heterocycles. The van der Waals surface area contributed by atoms with E-state index in [1.807, 2.05) is 0 Å². The van der Waals surface area contributed by atoms with E-state index in [-0.39, 0.29) is 5.41 Å². The molecule has 0 saturated carbocycles. The van der Waals surface area contributed by atoms with Crippen LogP contribution in [0.2, 0.25) is 0 Å². The normalized spacial score (nSPS) is 13.4. The predicted octanol–water partition coefficient (Wildman–Crippen LogP) is 12.1. The zero-order valence-corrected chi connectivity index (χ0v) is 24.9. The molecule has 1 aliphatic carbocycles. The first-order valence-electron chi connectivity index (χ1n) is 15.5. The van der Waals surface area contributed by atoms with Crippen LogP contribution in [0.15, 0.2) is 152 Å². The number of rotatable bonds is 3. The van der Waals surface area contributed by atoms with Gasteiger partial charge in [0.1, 0.15) is 0 Å². The fraction of sp³-hybridized carbons (Fsp3) is 0.0698. The molecule has 0 bridgehead atoms. The van der Waals surface area contributed by atoms with Crippen LogP contribution < -0.4 is 4.90 Å². The molecule has 9 rings (SSSR count). The van der Waals surface area contributed by atoms with Gasteiger partial charge in [0.25, 0.3) is 0 Å². The molecular weight excluding hydrogens is 530 g/mol. The third-order valence-corrected chi connectivity index (χ3v) is 9.79. The number of nitrogens with zero attached hydrogens (tertiary/aromatic N) is 1. The highest BCUT2D eigenvalue weighted by atomic mass is 15.1. The van der Waals surface area contributed by atoms with E-state index in [9.17, 15) is 0 Å². The molecule has 0 spiro atoms. The third kappa shape index (κ3) is 3.53. The molecular formula is C43H31N. The van der Waals surface area contributed by atoms with E-state index in [1.54, 1.807) is 0 Å². The van der Waals surface area contributed by atoms with Gasteiger partial charge in [-0.25, -0.2) is 0 Å². The van der Waals surface area contributed by atoms with Crippen molar-refractivity contribution in [3.8, 4) is 11.1 Å². The molecule has 0 aromatic heterocycles. The summed E-state index contributed by atoms with van der Waals surface area (Å²) in [6.07, 6.45) is 0. The number of anilines is 3. The molecule has 208 valence electrons. The van der Waals surface area contributed by atoms with E-state index >= 15 is 0 Å². The average molecular weight is 562 g/mol. The van der Waals surface area contributed by atoms with Crippen molar-refractivity contribution in [2.45, 2.75) is 19.3 Å². The van der Waals surface area contributed by atoms with Crippen LogP contribution in [0, 0.1) is 0 Å². The van der Waals surface area contributed by atoms with Gasteiger partial charge in [0, 0.05) is 27.6 Å². The second kappa shape index (κ2) is 9.30. The van der Waals surface area contributed by atoms with Gasteiger partial charge in [-0.2, -0.15) is 0 Å². The first kappa shape index (κ1) is 25.1. The molecule has 0 heterocycles. The van der Waals surface area contributed by atoms with Crippen LogP contribution in [0.25, 0.3) is 54.2 Å². The molecule has 0 fully saturated rings. The summed E-state index contributed by atoms with van der Waals surface area (Å²) >= 11 is 0. The Balaban J connectivity index is 1.39. The summed E-state index contributed by atoms with van der Waals surface area (Å²) in [4.78, 5) is 2.46. The second-order valence-electron chi connectivity index (χ2n) is 12.6. The van der Waals surface area contributed by atoms with Gasteiger partial charge in [-0.05, 0) is 84.9 Å². The first-order valence-corrected chi connectivity index (χ1v) is 15.5. The van der Waals surface area contributed by atoms with Crippen molar-refractivity contribution in [3.05, 3.63) is 163 Å². The lowest BCUT2D eigenvalue weighted by molar-refractivity contribution is 0.660. The maximum atomic E-state index is 2.46. The monoisotopic (exact) mass is 561 g/mol. The number of para-hydroxylation sites is 1. The minimum atomic E-state index is -0.0785. The van der Waals surface area contributed by atoms with E-state index in [4.69, 9.17) is 0 Å². The van der Waals surface area contributed by atoms with E-state index in [2.05, 4.69) is 170 Å². The highest BCUT2D eigenvalue weighted by Crippen LogP contribution is 2.51. The van der Waals surface area contributed by atoms with Gasteiger partial charge in [-0.1, -0.05) is 135 Å². The molecule has 0 amide bonds. The number of hydrogen-bond acceptors (Lipinski definition) is 1. The standard InChI is InChI=1S/C43H31N/c1-43(2)38-19-11-10-18-35(38)36-25-23-32(27-39(36)43)44(31-14-4-3-5-15-31)40-26-30-21-20-28-12-6-8-16-33(28)41(30)42-34-17-9-7-13-29(34)22-24-37(40)42/h3-27H,1-2H3. The van der Waals surface area contributed by atoms with E-state index in [0.717, 1.165) is 5.69 Å². The Bertz CT molecular complexity index is 2420. The molecule has 1 nitrogen and oxygen atoms in total. The number of fused-ring (bicyclic) bond motifs is 10. The van der Waals surface area contributed by atoms with Crippen molar-refractivity contribution in [1.82, 2.24) is 0 Å². The molecule has 44 heavy (non-hydrogen) atoms. The lowest BCUT2D eigenvalue weighted by Crippen LogP contribution is -2.16.